The number of carbonyl (C=O) groups is 2. The van der Waals surface area contributed by atoms with Crippen molar-refractivity contribution in [2.45, 2.75) is 46.3 Å². The number of esters is 1. The van der Waals surface area contributed by atoms with Gasteiger partial charge in [0.05, 0.1) is 5.56 Å². The standard InChI is InChI=1S/C18H22O5/c1-9(2)6-16(21)23-18-13-7-12(11(5)19)14(20)8-15(13)22-17(18)10(3)4/h7-9,17-18,20H,3,6H2,1-2,4-5H3/t17-,18+/m0/s1. The van der Waals surface area contributed by atoms with Crippen molar-refractivity contribution in [1.29, 1.82) is 0 Å². The van der Waals surface area contributed by atoms with Gasteiger partial charge in [-0.25, -0.2) is 0 Å². The number of benzene rings is 1. The number of rotatable bonds is 5. The van der Waals surface area contributed by atoms with Gasteiger partial charge in [0.2, 0.25) is 0 Å². The number of aromatic hydroxyl groups is 1. The van der Waals surface area contributed by atoms with Crippen LogP contribution >= 0.6 is 0 Å². The van der Waals surface area contributed by atoms with Crippen LogP contribution in [-0.2, 0) is 9.53 Å². The van der Waals surface area contributed by atoms with Gasteiger partial charge in [-0.15, -0.1) is 0 Å². The first kappa shape index (κ1) is 17.1. The molecule has 0 saturated carbocycles. The van der Waals surface area contributed by atoms with Gasteiger partial charge in [-0.05, 0) is 31.4 Å². The molecule has 1 N–H and O–H groups in total. The molecule has 0 aliphatic carbocycles. The predicted molar refractivity (Wildman–Crippen MR) is 85.6 cm³/mol. The highest BCUT2D eigenvalue weighted by Gasteiger charge is 2.39. The van der Waals surface area contributed by atoms with Crippen LogP contribution in [0.15, 0.2) is 24.3 Å². The minimum Gasteiger partial charge on any atom is -0.507 e. The number of ether oxygens (including phenoxy) is 2. The zero-order chi connectivity index (χ0) is 17.3. The molecule has 124 valence electrons. The number of hydrogen-bond acceptors (Lipinski definition) is 5. The van der Waals surface area contributed by atoms with Gasteiger partial charge in [0, 0.05) is 18.1 Å². The van der Waals surface area contributed by atoms with Gasteiger partial charge < -0.3 is 14.6 Å². The summed E-state index contributed by atoms with van der Waals surface area (Å²) in [6.45, 7) is 10.9. The number of hydrogen-bond donors (Lipinski definition) is 1. The van der Waals surface area contributed by atoms with Gasteiger partial charge >= 0.3 is 5.97 Å². The largest absolute Gasteiger partial charge is 0.507 e. The molecule has 0 bridgehead atoms. The van der Waals surface area contributed by atoms with Crippen LogP contribution in [0.5, 0.6) is 11.5 Å². The molecule has 0 amide bonds. The summed E-state index contributed by atoms with van der Waals surface area (Å²) in [5.74, 6) is -0.157. The van der Waals surface area contributed by atoms with Crippen molar-refractivity contribution >= 4 is 11.8 Å². The first-order valence-corrected chi connectivity index (χ1v) is 7.60. The monoisotopic (exact) mass is 318 g/mol. The van der Waals surface area contributed by atoms with E-state index in [0.717, 1.165) is 0 Å². The van der Waals surface area contributed by atoms with Crippen molar-refractivity contribution in [1.82, 2.24) is 0 Å². The van der Waals surface area contributed by atoms with E-state index in [4.69, 9.17) is 9.47 Å². The lowest BCUT2D eigenvalue weighted by Gasteiger charge is -2.20. The van der Waals surface area contributed by atoms with Gasteiger partial charge in [-0.3, -0.25) is 9.59 Å². The molecule has 1 heterocycles. The molecule has 5 nitrogen and oxygen atoms in total. The van der Waals surface area contributed by atoms with Gasteiger partial charge in [-0.1, -0.05) is 20.4 Å². The fraction of sp³-hybridized carbons (Fsp3) is 0.444. The number of ketones is 1. The zero-order valence-electron chi connectivity index (χ0n) is 13.9. The summed E-state index contributed by atoms with van der Waals surface area (Å²) in [6.07, 6.45) is -0.887. The molecule has 5 heteroatoms. The Bertz CT molecular complexity index is 660. The average molecular weight is 318 g/mol. The fourth-order valence-corrected chi connectivity index (χ4v) is 2.56. The van der Waals surface area contributed by atoms with Crippen LogP contribution in [0, 0.1) is 5.92 Å². The maximum atomic E-state index is 12.0. The lowest BCUT2D eigenvalue weighted by atomic mass is 9.98. The summed E-state index contributed by atoms with van der Waals surface area (Å²) >= 11 is 0. The molecule has 23 heavy (non-hydrogen) atoms. The summed E-state index contributed by atoms with van der Waals surface area (Å²) in [5.41, 5.74) is 1.46. The molecule has 2 rings (SSSR count). The second-order valence-electron chi connectivity index (χ2n) is 6.36. The van der Waals surface area contributed by atoms with Crippen LogP contribution in [0.3, 0.4) is 0 Å². The van der Waals surface area contributed by atoms with Crippen molar-refractivity contribution in [3.8, 4) is 11.5 Å². The third kappa shape index (κ3) is 3.55. The summed E-state index contributed by atoms with van der Waals surface area (Å²) in [7, 11) is 0. The second kappa shape index (κ2) is 6.44. The molecule has 0 radical (unpaired) electrons. The van der Waals surface area contributed by atoms with Crippen LogP contribution in [-0.4, -0.2) is 23.0 Å². The molecule has 2 atom stereocenters. The summed E-state index contributed by atoms with van der Waals surface area (Å²) in [5, 5.41) is 9.93. The molecule has 0 saturated heterocycles. The molecular formula is C18H22O5. The first-order chi connectivity index (χ1) is 10.7. The molecule has 0 unspecified atom stereocenters. The molecule has 1 aromatic rings. The Kier molecular flexibility index (Phi) is 4.78. The van der Waals surface area contributed by atoms with Crippen LogP contribution < -0.4 is 4.74 Å². The molecule has 0 aromatic heterocycles. The fourth-order valence-electron chi connectivity index (χ4n) is 2.56. The van der Waals surface area contributed by atoms with E-state index < -0.39 is 12.2 Å². The highest BCUT2D eigenvalue weighted by atomic mass is 16.6. The van der Waals surface area contributed by atoms with Crippen molar-refractivity contribution < 1.29 is 24.2 Å². The van der Waals surface area contributed by atoms with Crippen LogP contribution in [0.2, 0.25) is 0 Å². The van der Waals surface area contributed by atoms with Gasteiger partial charge in [0.15, 0.2) is 18.0 Å². The van der Waals surface area contributed by atoms with Gasteiger partial charge in [0.1, 0.15) is 11.5 Å². The Labute approximate surface area is 135 Å². The summed E-state index contributed by atoms with van der Waals surface area (Å²) in [6, 6.07) is 2.92. The molecule has 0 fully saturated rings. The zero-order valence-corrected chi connectivity index (χ0v) is 13.9. The quantitative estimate of drug-likeness (QED) is 0.510. The third-order valence-electron chi connectivity index (χ3n) is 3.66. The van der Waals surface area contributed by atoms with Crippen LogP contribution in [0.25, 0.3) is 0 Å². The second-order valence-corrected chi connectivity index (χ2v) is 6.36. The van der Waals surface area contributed by atoms with E-state index in [0.29, 0.717) is 23.3 Å². The molecule has 1 aromatic carbocycles. The molecular weight excluding hydrogens is 296 g/mol. The highest BCUT2D eigenvalue weighted by Crippen LogP contribution is 2.44. The van der Waals surface area contributed by atoms with Gasteiger partial charge in [0.25, 0.3) is 0 Å². The van der Waals surface area contributed by atoms with E-state index in [9.17, 15) is 14.7 Å². The number of phenolic OH excluding ortho intramolecular Hbond substituents is 1. The van der Waals surface area contributed by atoms with Crippen molar-refractivity contribution in [2.24, 2.45) is 5.92 Å². The SMILES string of the molecule is C=C(C)[C@@H]1Oc2cc(O)c(C(C)=O)cc2[C@H]1OC(=O)CC(C)C. The maximum absolute atomic E-state index is 12.0. The Morgan fingerprint density at radius 3 is 2.52 bits per heavy atom. The van der Waals surface area contributed by atoms with E-state index in [1.807, 2.05) is 13.8 Å². The lowest BCUT2D eigenvalue weighted by molar-refractivity contribution is -0.152. The van der Waals surface area contributed by atoms with E-state index in [1.165, 1.54) is 19.1 Å². The Morgan fingerprint density at radius 2 is 2.00 bits per heavy atom. The van der Waals surface area contributed by atoms with Crippen LogP contribution in [0.1, 0.15) is 56.1 Å². The summed E-state index contributed by atoms with van der Waals surface area (Å²) in [4.78, 5) is 23.7. The number of carbonyl (C=O) groups excluding carboxylic acids is 2. The normalized spacial score (nSPS) is 19.2. The summed E-state index contributed by atoms with van der Waals surface area (Å²) < 4.78 is 11.3. The Hall–Kier alpha value is -2.30. The minimum absolute atomic E-state index is 0.147. The van der Waals surface area contributed by atoms with E-state index in [2.05, 4.69) is 6.58 Å². The van der Waals surface area contributed by atoms with Gasteiger partial charge in [-0.2, -0.15) is 0 Å². The average Bonchev–Trinajstić information content (AvgIpc) is 2.74. The van der Waals surface area contributed by atoms with Crippen molar-refractivity contribution in [2.75, 3.05) is 0 Å². The Balaban J connectivity index is 2.39. The smallest absolute Gasteiger partial charge is 0.306 e. The maximum Gasteiger partial charge on any atom is 0.306 e. The highest BCUT2D eigenvalue weighted by molar-refractivity contribution is 5.97. The molecule has 1 aliphatic rings. The number of Topliss-reactive ketones (excluding diaryl/α,β-unsaturated/α-hetero) is 1. The number of phenols is 1. The number of fused-ring (bicyclic) bond motifs is 1. The van der Waals surface area contributed by atoms with E-state index in [1.54, 1.807) is 6.92 Å². The minimum atomic E-state index is -0.660. The lowest BCUT2D eigenvalue weighted by Crippen LogP contribution is -2.24. The van der Waals surface area contributed by atoms with E-state index in [-0.39, 0.29) is 29.0 Å². The van der Waals surface area contributed by atoms with E-state index >= 15 is 0 Å². The molecule has 0 spiro atoms. The van der Waals surface area contributed by atoms with Crippen LogP contribution in [0.4, 0.5) is 0 Å². The topological polar surface area (TPSA) is 72.8 Å². The third-order valence-corrected chi connectivity index (χ3v) is 3.66. The predicted octanol–water partition coefficient (Wildman–Crippen LogP) is 3.56. The van der Waals surface area contributed by atoms with Crippen molar-refractivity contribution in [3.05, 3.63) is 35.4 Å². The van der Waals surface area contributed by atoms with Crippen molar-refractivity contribution in [3.63, 3.8) is 0 Å². The Morgan fingerprint density at radius 1 is 1.35 bits per heavy atom. The molecule has 1 aliphatic heterocycles. The first-order valence-electron chi connectivity index (χ1n) is 7.60.